The maximum Gasteiger partial charge on any atom is 0.253 e. The van der Waals surface area contributed by atoms with Crippen LogP contribution in [0.15, 0.2) is 60.8 Å². The first-order valence-corrected chi connectivity index (χ1v) is 13.6. The van der Waals surface area contributed by atoms with E-state index in [1.165, 1.54) is 17.4 Å². The van der Waals surface area contributed by atoms with E-state index in [1.54, 1.807) is 24.4 Å². The Balaban J connectivity index is 1.20. The molecule has 3 heterocycles. The minimum atomic E-state index is -0.489. The van der Waals surface area contributed by atoms with Gasteiger partial charge in [-0.05, 0) is 73.1 Å². The topological polar surface area (TPSA) is 59.5 Å². The fourth-order valence-corrected chi connectivity index (χ4v) is 5.89. The summed E-state index contributed by atoms with van der Waals surface area (Å²) in [6, 6.07) is 16.1. The zero-order valence-corrected chi connectivity index (χ0v) is 21.2. The number of amides is 1. The summed E-state index contributed by atoms with van der Waals surface area (Å²) in [4.78, 5) is 32.2. The molecule has 1 amide bonds. The minimum Gasteiger partial charge on any atom is -0.453 e. The highest BCUT2D eigenvalue weighted by molar-refractivity contribution is 7.22. The summed E-state index contributed by atoms with van der Waals surface area (Å²) < 4.78 is 21.7. The third kappa shape index (κ3) is 5.27. The number of pyridine rings is 1. The summed E-state index contributed by atoms with van der Waals surface area (Å²) >= 11 is 1.51. The summed E-state index contributed by atoms with van der Waals surface area (Å²) in [6.07, 6.45) is 6.88. The van der Waals surface area contributed by atoms with E-state index in [0.717, 1.165) is 59.4 Å². The lowest BCUT2D eigenvalue weighted by atomic mass is 10.0. The lowest BCUT2D eigenvalue weighted by Gasteiger charge is -2.15. The van der Waals surface area contributed by atoms with Crippen molar-refractivity contribution >= 4 is 33.2 Å². The van der Waals surface area contributed by atoms with Crippen LogP contribution in [-0.2, 0) is 11.2 Å². The molecule has 1 saturated heterocycles. The van der Waals surface area contributed by atoms with Crippen LogP contribution in [0.2, 0.25) is 0 Å². The van der Waals surface area contributed by atoms with Crippen LogP contribution in [0.5, 0.6) is 11.5 Å². The number of hydrogen-bond donors (Lipinski definition) is 0. The van der Waals surface area contributed by atoms with Crippen LogP contribution in [0.4, 0.5) is 4.39 Å². The number of halogens is 1. The van der Waals surface area contributed by atoms with Crippen molar-refractivity contribution in [3.8, 4) is 21.9 Å². The quantitative estimate of drug-likeness (QED) is 0.253. The maximum absolute atomic E-state index is 14.9. The molecule has 2 aliphatic rings. The molecule has 1 aliphatic carbocycles. The number of thiophene rings is 1. The third-order valence-corrected chi connectivity index (χ3v) is 8.20. The molecule has 0 N–H and O–H groups in total. The summed E-state index contributed by atoms with van der Waals surface area (Å²) in [5, 5.41) is 0. The molecule has 7 heteroatoms. The van der Waals surface area contributed by atoms with Gasteiger partial charge in [-0.25, -0.2) is 4.39 Å². The fourth-order valence-electron chi connectivity index (χ4n) is 4.82. The van der Waals surface area contributed by atoms with Crippen molar-refractivity contribution < 1.29 is 18.7 Å². The zero-order chi connectivity index (χ0) is 25.4. The van der Waals surface area contributed by atoms with Crippen molar-refractivity contribution in [1.29, 1.82) is 0 Å². The first-order valence-electron chi connectivity index (χ1n) is 12.8. The van der Waals surface area contributed by atoms with Crippen molar-refractivity contribution in [3.05, 3.63) is 77.7 Å². The molecule has 1 aliphatic heterocycles. The van der Waals surface area contributed by atoms with Gasteiger partial charge in [-0.15, -0.1) is 11.3 Å². The Bertz CT molecular complexity index is 1470. The van der Waals surface area contributed by atoms with Crippen molar-refractivity contribution in [2.75, 3.05) is 13.1 Å². The van der Waals surface area contributed by atoms with Gasteiger partial charge >= 0.3 is 0 Å². The molecular weight excluding hydrogens is 487 g/mol. The Morgan fingerprint density at radius 3 is 2.51 bits per heavy atom. The highest BCUT2D eigenvalue weighted by Crippen LogP contribution is 2.40. The normalized spacial score (nSPS) is 15.3. The second kappa shape index (κ2) is 10.1. The number of Topliss-reactive ketones (excluding diaryl/α,β-unsaturated/α-hetero) is 1. The van der Waals surface area contributed by atoms with Gasteiger partial charge in [0, 0.05) is 48.6 Å². The standard InChI is InChI=1S/C30H27FN2O3S/c31-24-17-20(16-23(34)15-19-3-4-19)5-10-26(24)36-27-11-12-32-25-18-28(37-29(25)27)21-6-8-22(9-7-21)30(35)33-13-1-2-14-33/h5-12,17-19H,1-4,13-16H2. The average molecular weight is 515 g/mol. The largest absolute Gasteiger partial charge is 0.453 e. The van der Waals surface area contributed by atoms with E-state index in [2.05, 4.69) is 4.98 Å². The Labute approximate surface area is 218 Å². The smallest absolute Gasteiger partial charge is 0.253 e. The number of nitrogens with zero attached hydrogens (tertiary/aromatic N) is 2. The number of hydrogen-bond acceptors (Lipinski definition) is 5. The van der Waals surface area contributed by atoms with Crippen LogP contribution >= 0.6 is 11.3 Å². The van der Waals surface area contributed by atoms with Gasteiger partial charge in [-0.2, -0.15) is 0 Å². The predicted octanol–water partition coefficient (Wildman–Crippen LogP) is 7.04. The Hall–Kier alpha value is -3.58. The Morgan fingerprint density at radius 1 is 1.00 bits per heavy atom. The van der Waals surface area contributed by atoms with E-state index < -0.39 is 5.82 Å². The number of benzene rings is 2. The van der Waals surface area contributed by atoms with Crippen LogP contribution in [0.25, 0.3) is 20.7 Å². The van der Waals surface area contributed by atoms with Crippen LogP contribution in [-0.4, -0.2) is 34.7 Å². The summed E-state index contributed by atoms with van der Waals surface area (Å²) in [6.45, 7) is 1.65. The number of aromatic nitrogens is 1. The summed E-state index contributed by atoms with van der Waals surface area (Å²) in [7, 11) is 0. The second-order valence-corrected chi connectivity index (χ2v) is 11.0. The molecular formula is C30H27FN2O3S. The molecule has 2 fully saturated rings. The monoisotopic (exact) mass is 514 g/mol. The van der Waals surface area contributed by atoms with Crippen LogP contribution < -0.4 is 4.74 Å². The van der Waals surface area contributed by atoms with Gasteiger partial charge in [0.25, 0.3) is 5.91 Å². The lowest BCUT2D eigenvalue weighted by molar-refractivity contribution is -0.118. The van der Waals surface area contributed by atoms with E-state index in [0.29, 0.717) is 29.2 Å². The zero-order valence-electron chi connectivity index (χ0n) is 20.4. The SMILES string of the molecule is O=C(Cc1ccc(Oc2ccnc3cc(-c4ccc(C(=O)N5CCCC5)cc4)sc23)c(F)c1)CC1CC1. The Kier molecular flexibility index (Phi) is 6.47. The highest BCUT2D eigenvalue weighted by Gasteiger charge is 2.24. The number of ether oxygens (including phenoxy) is 1. The molecule has 188 valence electrons. The summed E-state index contributed by atoms with van der Waals surface area (Å²) in [5.41, 5.74) is 3.11. The second-order valence-electron chi connectivity index (χ2n) is 9.94. The van der Waals surface area contributed by atoms with Gasteiger partial charge in [0.2, 0.25) is 0 Å². The van der Waals surface area contributed by atoms with E-state index in [-0.39, 0.29) is 23.9 Å². The van der Waals surface area contributed by atoms with Crippen LogP contribution in [0.3, 0.4) is 0 Å². The molecule has 6 rings (SSSR count). The molecule has 2 aromatic heterocycles. The molecule has 0 atom stereocenters. The van der Waals surface area contributed by atoms with Gasteiger partial charge in [-0.3, -0.25) is 14.6 Å². The van der Waals surface area contributed by atoms with E-state index >= 15 is 0 Å². The number of rotatable bonds is 8. The molecule has 0 spiro atoms. The van der Waals surface area contributed by atoms with Gasteiger partial charge in [0.1, 0.15) is 11.5 Å². The van der Waals surface area contributed by atoms with Crippen molar-refractivity contribution in [3.63, 3.8) is 0 Å². The van der Waals surface area contributed by atoms with Crippen LogP contribution in [0.1, 0.15) is 48.0 Å². The van der Waals surface area contributed by atoms with Crippen molar-refractivity contribution in [1.82, 2.24) is 9.88 Å². The summed E-state index contributed by atoms with van der Waals surface area (Å²) in [5.74, 6) is 0.921. The fraction of sp³-hybridized carbons (Fsp3) is 0.300. The van der Waals surface area contributed by atoms with Crippen LogP contribution in [0, 0.1) is 11.7 Å². The van der Waals surface area contributed by atoms with E-state index in [4.69, 9.17) is 4.74 Å². The maximum atomic E-state index is 14.9. The molecule has 0 unspecified atom stereocenters. The number of fused-ring (bicyclic) bond motifs is 1. The van der Waals surface area contributed by atoms with Crippen molar-refractivity contribution in [2.24, 2.45) is 5.92 Å². The molecule has 1 saturated carbocycles. The molecule has 0 bridgehead atoms. The van der Waals surface area contributed by atoms with Gasteiger partial charge in [-0.1, -0.05) is 18.2 Å². The number of carbonyl (C=O) groups is 2. The van der Waals surface area contributed by atoms with Crippen molar-refractivity contribution in [2.45, 2.75) is 38.5 Å². The lowest BCUT2D eigenvalue weighted by Crippen LogP contribution is -2.27. The highest BCUT2D eigenvalue weighted by atomic mass is 32.1. The first-order chi connectivity index (χ1) is 18.0. The number of carbonyl (C=O) groups excluding carboxylic acids is 2. The number of ketones is 1. The van der Waals surface area contributed by atoms with Gasteiger partial charge < -0.3 is 9.64 Å². The average Bonchev–Trinajstić information content (AvgIpc) is 3.36. The van der Waals surface area contributed by atoms with E-state index in [9.17, 15) is 14.0 Å². The minimum absolute atomic E-state index is 0.0815. The molecule has 0 radical (unpaired) electrons. The predicted molar refractivity (Wildman–Crippen MR) is 143 cm³/mol. The first kappa shape index (κ1) is 23.8. The Morgan fingerprint density at radius 2 is 1.78 bits per heavy atom. The number of likely N-dealkylation sites (tertiary alicyclic amines) is 1. The third-order valence-electron chi connectivity index (χ3n) is 7.02. The molecule has 2 aromatic carbocycles. The molecule has 37 heavy (non-hydrogen) atoms. The van der Waals surface area contributed by atoms with Gasteiger partial charge in [0.05, 0.1) is 10.2 Å². The molecule has 4 aromatic rings. The van der Waals surface area contributed by atoms with E-state index in [1.807, 2.05) is 35.2 Å². The molecule has 5 nitrogen and oxygen atoms in total. The van der Waals surface area contributed by atoms with Gasteiger partial charge in [0.15, 0.2) is 11.6 Å².